The number of carboxylic acids is 1. The van der Waals surface area contributed by atoms with Gasteiger partial charge in [0, 0.05) is 41.2 Å². The lowest BCUT2D eigenvalue weighted by Crippen LogP contribution is -3.10. The SMILES string of the molecule is CC(/C=C/c1ccc(Br)cc1)=C\[C@H](O)[C@@H]1CC(=O)N[C@@H](CO)C(=O)N[C@@H]2CN3C=C(C[C@H](NC(=O)C[C@H](O)C[C@@H](C(=O)[O-])NC(=O)CCNC(=O)[C@H](Cc4ccc(Br)cc4)NC(=O)[C@H]([C@@H](O)C(N)=O)NC(=O)[C@H](CC(N)=O)NC2=O)C(=O)N[C@@H]([C@H](C)O)C(=O)N[C@@H](CO)C(=O)N[C@@H](Cc2ccccc2)C(=O)N1)[NH+](O[C@@H]1O[C@H](CO)[C@H](O)[C@H](O)[C@H]1O)C3. The zero-order valence-corrected chi connectivity index (χ0v) is 68.1. The number of nitrogens with zero attached hydrogens (tertiary/aromatic N) is 1. The number of benzene rings is 3. The molecule has 1 fully saturated rings. The van der Waals surface area contributed by atoms with Gasteiger partial charge in [-0.2, -0.15) is 4.84 Å². The van der Waals surface area contributed by atoms with Crippen LogP contribution < -0.4 is 85.4 Å². The molecular weight excluding hydrogens is 1730 g/mol. The van der Waals surface area contributed by atoms with Gasteiger partial charge in [-0.1, -0.05) is 110 Å². The lowest BCUT2D eigenvalue weighted by atomic mass is 9.99. The van der Waals surface area contributed by atoms with Crippen LogP contribution in [0.3, 0.4) is 0 Å². The number of hydroxylamine groups is 2. The Labute approximate surface area is 706 Å². The molecule has 1 unspecified atom stereocenters. The van der Waals surface area contributed by atoms with Crippen LogP contribution in [-0.4, -0.2) is 306 Å². The molecule has 7 rings (SSSR count). The number of nitrogens with two attached hydrogens (primary N) is 2. The van der Waals surface area contributed by atoms with E-state index in [4.69, 9.17) is 21.0 Å². The van der Waals surface area contributed by atoms with E-state index in [2.05, 4.69) is 90.3 Å². The monoisotopic (exact) mass is 1830 g/mol. The number of aliphatic hydroxyl groups excluding tert-OH is 10. The first-order valence-electron chi connectivity index (χ1n) is 37.7. The highest BCUT2D eigenvalue weighted by Crippen LogP contribution is 2.23. The highest BCUT2D eigenvalue weighted by Gasteiger charge is 2.49. The second-order valence-corrected chi connectivity index (χ2v) is 30.7. The fraction of sp³-hybridized carbons (Fsp3) is 0.480. The largest absolute Gasteiger partial charge is 0.548 e. The average molecular weight is 1830 g/mol. The zero-order chi connectivity index (χ0) is 89.2. The summed E-state index contributed by atoms with van der Waals surface area (Å²) in [7, 11) is 0. The lowest BCUT2D eigenvalue weighted by molar-refractivity contribution is -1.07. The van der Waals surface area contributed by atoms with E-state index in [0.717, 1.165) is 22.5 Å². The number of carbonyl (C=O) groups is 15. The van der Waals surface area contributed by atoms with E-state index < -0.39 is 306 Å². The molecule has 4 bridgehead atoms. The number of allylic oxidation sites excluding steroid dienone is 2. The number of hydrogen-bond donors (Lipinski definition) is 25. The summed E-state index contributed by atoms with van der Waals surface area (Å²) >= 11 is 6.64. The van der Waals surface area contributed by atoms with Crippen molar-refractivity contribution in [3.8, 4) is 0 Å². The Balaban J connectivity index is 1.42. The fourth-order valence-corrected chi connectivity index (χ4v) is 13.3. The summed E-state index contributed by atoms with van der Waals surface area (Å²) in [6, 6.07) is -2.59. The van der Waals surface area contributed by atoms with Gasteiger partial charge in [-0.15, -0.1) is 5.06 Å². The van der Waals surface area contributed by atoms with Crippen LogP contribution >= 0.6 is 31.9 Å². The number of ether oxygens (including phenoxy) is 1. The van der Waals surface area contributed by atoms with Gasteiger partial charge in [-0.25, -0.2) is 0 Å². The molecule has 46 heteroatoms. The number of hydrogen-bond acceptors (Lipinski definition) is 29. The molecule has 14 amide bonds. The Kier molecular flexibility index (Phi) is 37.2. The maximum atomic E-state index is 15.3. The van der Waals surface area contributed by atoms with Crippen molar-refractivity contribution >= 4 is 127 Å². The summed E-state index contributed by atoms with van der Waals surface area (Å²) in [6.07, 6.45) is -20.7. The number of amides is 14. The van der Waals surface area contributed by atoms with Crippen LogP contribution in [0.1, 0.15) is 69.1 Å². The standard InChI is InChI=1S/C75H98Br2N16O28/c1-34(8-9-36-10-14-39(76)15-11-36)20-52(99)43-27-57(103)83-50(30-94)70(114)88-49-29-92-28-41(93(33-92)121-75-63(107)62(106)60(104)53(32-96)120-75)23-46(67(111)90-58(35(2)97)72(116)89-51(31-95)71(115)85-45(66(110)84-43)21-37-6-4-3-5-7-37)81-56(102)25-42(98)24-48(74(118)119)82-55(101)18-19-80-65(109)44(22-38-12-16-40(77)17-13-38)87-73(117)59(61(105)64(79)108)91-68(112)47(26-54(78)100)86-69(49)113/h3-17,20,28,35,42-53,58-63,75,94-99,104-107H,18-19,21-27,29-33H2,1-2H3,(H2,78,100)(H2,79,108)(H,80,109)(H,81,102)(H,82,101)(H,83,103)(H,84,110)(H,85,115)(H,86,113)(H,87,117)(H,88,114)(H,89,116)(H,90,111)(H,91,112)(H,118,119)/b9-8+,34-20+/t35-,42+,43-,44-,45-,46-,47-,48-,49+,50-,51-,52-,53+,58-,59-,60-,61+,62-,63+,75-/m0/s1. The Hall–Kier alpha value is -10.8. The summed E-state index contributed by atoms with van der Waals surface area (Å²) in [5.41, 5.74) is 12.4. The molecule has 660 valence electrons. The van der Waals surface area contributed by atoms with Crippen LogP contribution in [0.5, 0.6) is 0 Å². The maximum Gasteiger partial charge on any atom is 0.248 e. The zero-order valence-electron chi connectivity index (χ0n) is 64.9. The molecule has 0 radical (unpaired) electrons. The van der Waals surface area contributed by atoms with Crippen LogP contribution in [0.25, 0.3) is 6.08 Å². The van der Waals surface area contributed by atoms with E-state index >= 15 is 9.59 Å². The van der Waals surface area contributed by atoms with Crippen molar-refractivity contribution < 1.29 is 143 Å². The van der Waals surface area contributed by atoms with Crippen molar-refractivity contribution in [1.29, 1.82) is 0 Å². The molecule has 27 N–H and O–H groups in total. The van der Waals surface area contributed by atoms with Gasteiger partial charge >= 0.3 is 0 Å². The van der Waals surface area contributed by atoms with Gasteiger partial charge in [0.2, 0.25) is 89.0 Å². The number of aliphatic carboxylic acids is 1. The molecule has 44 nitrogen and oxygen atoms in total. The minimum absolute atomic E-state index is 0.314. The molecule has 3 aromatic carbocycles. The van der Waals surface area contributed by atoms with Crippen LogP contribution in [0.2, 0.25) is 0 Å². The minimum Gasteiger partial charge on any atom is -0.548 e. The predicted octanol–water partition coefficient (Wildman–Crippen LogP) is -12.6. The number of carbonyl (C=O) groups excluding carboxylic acids is 15. The van der Waals surface area contributed by atoms with Crippen molar-refractivity contribution in [2.24, 2.45) is 11.5 Å². The van der Waals surface area contributed by atoms with Crippen molar-refractivity contribution in [3.63, 3.8) is 0 Å². The van der Waals surface area contributed by atoms with E-state index in [1.54, 1.807) is 54.6 Å². The number of primary amides is 2. The fourth-order valence-electron chi connectivity index (χ4n) is 12.8. The molecule has 121 heavy (non-hydrogen) atoms. The Morgan fingerprint density at radius 1 is 0.595 bits per heavy atom. The first-order chi connectivity index (χ1) is 57.2. The highest BCUT2D eigenvalue weighted by molar-refractivity contribution is 9.10. The second kappa shape index (κ2) is 46.3. The number of fused-ring (bicyclic) bond motifs is 2. The topological polar surface area (TPSA) is 704 Å². The smallest absolute Gasteiger partial charge is 0.248 e. The summed E-state index contributed by atoms with van der Waals surface area (Å²) in [5, 5.41) is 150. The van der Waals surface area contributed by atoms with Gasteiger partial charge in [-0.05, 0) is 61.2 Å². The van der Waals surface area contributed by atoms with E-state index in [1.165, 1.54) is 49.4 Å². The Morgan fingerprint density at radius 2 is 1.14 bits per heavy atom. The summed E-state index contributed by atoms with van der Waals surface area (Å²) in [5.74, 6) is -21.7. The first-order valence-corrected chi connectivity index (χ1v) is 39.3. The first kappa shape index (κ1) is 97.3. The van der Waals surface area contributed by atoms with Crippen molar-refractivity contribution in [2.75, 3.05) is 39.6 Å². The molecule has 3 aromatic rings. The number of nitrogens with one attached hydrogen (secondary N) is 13. The third-order valence-corrected chi connectivity index (χ3v) is 20.4. The molecule has 0 aromatic heterocycles. The van der Waals surface area contributed by atoms with Gasteiger partial charge in [0.05, 0.1) is 88.2 Å². The number of aliphatic hydroxyl groups is 10. The predicted molar refractivity (Wildman–Crippen MR) is 420 cm³/mol. The summed E-state index contributed by atoms with van der Waals surface area (Å²) in [4.78, 5) is 221. The minimum atomic E-state index is -2.73. The van der Waals surface area contributed by atoms with E-state index in [9.17, 15) is 119 Å². The molecular formula is C75H98Br2N16O28. The van der Waals surface area contributed by atoms with Crippen molar-refractivity contribution in [3.05, 3.63) is 134 Å². The molecule has 4 heterocycles. The molecule has 0 aliphatic carbocycles. The van der Waals surface area contributed by atoms with Crippen molar-refractivity contribution in [1.82, 2.24) is 68.7 Å². The molecule has 21 atom stereocenters. The van der Waals surface area contributed by atoms with Crippen LogP contribution in [0, 0.1) is 0 Å². The summed E-state index contributed by atoms with van der Waals surface area (Å²) in [6.45, 7) is -3.68. The number of quaternary nitrogens is 1. The van der Waals surface area contributed by atoms with Gasteiger partial charge in [0.25, 0.3) is 0 Å². The Morgan fingerprint density at radius 3 is 1.75 bits per heavy atom. The van der Waals surface area contributed by atoms with Gasteiger partial charge in [-0.3, -0.25) is 67.1 Å². The number of halogens is 2. The summed E-state index contributed by atoms with van der Waals surface area (Å²) < 4.78 is 6.94. The molecule has 4 aliphatic rings. The van der Waals surface area contributed by atoms with Gasteiger partial charge in [0.1, 0.15) is 78.8 Å². The number of carboxylic acid groups (broad SMARTS) is 1. The van der Waals surface area contributed by atoms with Gasteiger partial charge < -0.3 is 146 Å². The normalized spacial score (nSPS) is 29.2. The van der Waals surface area contributed by atoms with Crippen molar-refractivity contribution in [2.45, 2.75) is 187 Å². The quantitative estimate of drug-likeness (QED) is 0.0496. The Bertz CT molecular complexity index is 4300. The molecule has 4 aliphatic heterocycles. The van der Waals surface area contributed by atoms with Crippen LogP contribution in [0.4, 0.5) is 0 Å². The van der Waals surface area contributed by atoms with E-state index in [1.807, 2.05) is 5.32 Å². The highest BCUT2D eigenvalue weighted by atomic mass is 79.9. The van der Waals surface area contributed by atoms with E-state index in [0.29, 0.717) is 26.7 Å². The third-order valence-electron chi connectivity index (χ3n) is 19.3. The van der Waals surface area contributed by atoms with Crippen LogP contribution in [0.15, 0.2) is 117 Å². The molecule has 1 saturated heterocycles. The van der Waals surface area contributed by atoms with Gasteiger partial charge in [0.15, 0.2) is 18.5 Å². The lowest BCUT2D eigenvalue weighted by Gasteiger charge is -2.39. The van der Waals surface area contributed by atoms with Crippen LogP contribution in [-0.2, 0) is 94.3 Å². The maximum absolute atomic E-state index is 15.3. The molecule has 0 saturated carbocycles. The van der Waals surface area contributed by atoms with E-state index in [-0.39, 0.29) is 5.70 Å². The third kappa shape index (κ3) is 29.5. The average Bonchev–Trinajstić information content (AvgIpc) is 1.61. The molecule has 0 spiro atoms. The number of rotatable bonds is 19. The second-order valence-electron chi connectivity index (χ2n) is 28.9.